The van der Waals surface area contributed by atoms with E-state index in [1.54, 1.807) is 36.4 Å². The first-order valence-corrected chi connectivity index (χ1v) is 12.8. The molecule has 172 valence electrons. The lowest BCUT2D eigenvalue weighted by molar-refractivity contribution is 0.0858. The number of piperidine rings is 1. The van der Waals surface area contributed by atoms with Crippen molar-refractivity contribution in [3.63, 3.8) is 0 Å². The van der Waals surface area contributed by atoms with Crippen LogP contribution in [0.2, 0.25) is 0 Å². The molecule has 0 unspecified atom stereocenters. The summed E-state index contributed by atoms with van der Waals surface area (Å²) in [7, 11) is -3.79. The van der Waals surface area contributed by atoms with Gasteiger partial charge in [-0.2, -0.15) is 0 Å². The first-order chi connectivity index (χ1) is 15.4. The number of carbonyl (C=O) groups excluding carboxylic acids is 1. The van der Waals surface area contributed by atoms with Gasteiger partial charge in [-0.3, -0.25) is 9.52 Å². The summed E-state index contributed by atoms with van der Waals surface area (Å²) < 4.78 is 34.5. The summed E-state index contributed by atoms with van der Waals surface area (Å²) in [4.78, 5) is 15.1. The molecule has 0 bridgehead atoms. The molecule has 32 heavy (non-hydrogen) atoms. The van der Waals surface area contributed by atoms with Gasteiger partial charge in [0.15, 0.2) is 0 Å². The minimum Gasteiger partial charge on any atom is -0.376 e. The van der Waals surface area contributed by atoms with Gasteiger partial charge in [0.2, 0.25) is 0 Å². The molecular weight excluding hydrogens is 426 g/mol. The molecule has 0 spiro atoms. The first-order valence-electron chi connectivity index (χ1n) is 11.3. The van der Waals surface area contributed by atoms with Crippen molar-refractivity contribution in [3.8, 4) is 0 Å². The quantitative estimate of drug-likeness (QED) is 0.662. The van der Waals surface area contributed by atoms with Crippen LogP contribution >= 0.6 is 0 Å². The molecule has 0 saturated carbocycles. The average molecular weight is 458 g/mol. The molecule has 2 aromatic carbocycles. The van der Waals surface area contributed by atoms with Crippen LogP contribution in [0, 0.1) is 6.92 Å². The van der Waals surface area contributed by atoms with Crippen molar-refractivity contribution < 1.29 is 17.9 Å². The van der Waals surface area contributed by atoms with Crippen molar-refractivity contribution in [1.82, 2.24) is 5.32 Å². The molecule has 2 aliphatic rings. The zero-order chi connectivity index (χ0) is 22.6. The maximum atomic E-state index is 13.1. The van der Waals surface area contributed by atoms with E-state index in [9.17, 15) is 13.2 Å². The summed E-state index contributed by atoms with van der Waals surface area (Å²) in [5.41, 5.74) is 2.64. The molecule has 2 heterocycles. The van der Waals surface area contributed by atoms with Crippen molar-refractivity contribution in [2.75, 3.05) is 35.9 Å². The molecule has 1 amide bonds. The van der Waals surface area contributed by atoms with Crippen LogP contribution < -0.4 is 14.9 Å². The van der Waals surface area contributed by atoms with E-state index in [0.717, 1.165) is 56.6 Å². The predicted molar refractivity (Wildman–Crippen MR) is 126 cm³/mol. The van der Waals surface area contributed by atoms with Crippen molar-refractivity contribution in [2.45, 2.75) is 50.0 Å². The Balaban J connectivity index is 1.59. The van der Waals surface area contributed by atoms with E-state index in [0.29, 0.717) is 17.8 Å². The molecule has 2 N–H and O–H groups in total. The summed E-state index contributed by atoms with van der Waals surface area (Å²) >= 11 is 0. The summed E-state index contributed by atoms with van der Waals surface area (Å²) in [6.45, 7) is 4.83. The van der Waals surface area contributed by atoms with Gasteiger partial charge in [-0.1, -0.05) is 17.7 Å². The Morgan fingerprint density at radius 1 is 1.06 bits per heavy atom. The van der Waals surface area contributed by atoms with Gasteiger partial charge in [-0.25, -0.2) is 8.42 Å². The lowest BCUT2D eigenvalue weighted by Gasteiger charge is -2.31. The third-order valence-corrected chi connectivity index (χ3v) is 7.43. The Hall–Kier alpha value is -2.58. The van der Waals surface area contributed by atoms with Gasteiger partial charge >= 0.3 is 0 Å². The SMILES string of the molecule is Cc1ccc(S(=O)(=O)Nc2cc(C(=O)NC[C@@H]3CCCO3)ccc2N2CCCCC2)cc1. The first kappa shape index (κ1) is 22.6. The molecule has 0 radical (unpaired) electrons. The van der Waals surface area contributed by atoms with Gasteiger partial charge in [0, 0.05) is 31.8 Å². The van der Waals surface area contributed by atoms with Crippen molar-refractivity contribution in [1.29, 1.82) is 0 Å². The number of anilines is 2. The highest BCUT2D eigenvalue weighted by Gasteiger charge is 2.22. The lowest BCUT2D eigenvalue weighted by atomic mass is 10.1. The molecule has 2 saturated heterocycles. The Labute approximate surface area is 190 Å². The van der Waals surface area contributed by atoms with E-state index in [1.807, 2.05) is 13.0 Å². The second kappa shape index (κ2) is 9.92. The smallest absolute Gasteiger partial charge is 0.261 e. The highest BCUT2D eigenvalue weighted by atomic mass is 32.2. The van der Waals surface area contributed by atoms with Crippen molar-refractivity contribution >= 4 is 27.3 Å². The van der Waals surface area contributed by atoms with Gasteiger partial charge in [-0.05, 0) is 69.4 Å². The fourth-order valence-electron chi connectivity index (χ4n) is 4.20. The molecule has 7 nitrogen and oxygen atoms in total. The van der Waals surface area contributed by atoms with E-state index >= 15 is 0 Å². The molecule has 2 aliphatic heterocycles. The van der Waals surface area contributed by atoms with Crippen LogP contribution in [0.4, 0.5) is 11.4 Å². The largest absolute Gasteiger partial charge is 0.376 e. The van der Waals surface area contributed by atoms with Crippen LogP contribution in [-0.4, -0.2) is 46.7 Å². The number of rotatable bonds is 7. The van der Waals surface area contributed by atoms with Gasteiger partial charge in [-0.15, -0.1) is 0 Å². The minimum absolute atomic E-state index is 0.0473. The van der Waals surface area contributed by atoms with Crippen LogP contribution in [0.3, 0.4) is 0 Å². The number of hydrogen-bond donors (Lipinski definition) is 2. The molecule has 2 fully saturated rings. The van der Waals surface area contributed by atoms with E-state index in [4.69, 9.17) is 4.74 Å². The van der Waals surface area contributed by atoms with Gasteiger partial charge in [0.25, 0.3) is 15.9 Å². The lowest BCUT2D eigenvalue weighted by Crippen LogP contribution is -2.32. The molecule has 0 aliphatic carbocycles. The summed E-state index contributed by atoms with van der Waals surface area (Å²) in [5.74, 6) is -0.235. The molecule has 4 rings (SSSR count). The number of benzene rings is 2. The molecule has 2 aromatic rings. The molecule has 0 aromatic heterocycles. The maximum absolute atomic E-state index is 13.1. The third kappa shape index (κ3) is 5.42. The summed E-state index contributed by atoms with van der Waals surface area (Å²) in [5, 5.41) is 2.91. The maximum Gasteiger partial charge on any atom is 0.261 e. The second-order valence-corrected chi connectivity index (χ2v) is 10.2. The number of carbonyl (C=O) groups is 1. The number of aryl methyl sites for hydroxylation is 1. The van der Waals surface area contributed by atoms with E-state index in [-0.39, 0.29) is 16.9 Å². The second-order valence-electron chi connectivity index (χ2n) is 8.54. The summed E-state index contributed by atoms with van der Waals surface area (Å²) in [6.07, 6.45) is 5.30. The van der Waals surface area contributed by atoms with Gasteiger partial charge in [0.1, 0.15) is 0 Å². The zero-order valence-electron chi connectivity index (χ0n) is 18.5. The van der Waals surface area contributed by atoms with Gasteiger partial charge in [0.05, 0.1) is 22.4 Å². The predicted octanol–water partition coefficient (Wildman–Crippen LogP) is 3.69. The minimum atomic E-state index is -3.79. The topological polar surface area (TPSA) is 87.7 Å². The van der Waals surface area contributed by atoms with Gasteiger partial charge < -0.3 is 15.0 Å². The van der Waals surface area contributed by atoms with Crippen LogP contribution in [0.15, 0.2) is 47.4 Å². The Bertz CT molecular complexity index is 1040. The third-order valence-electron chi connectivity index (χ3n) is 6.05. The standard InChI is InChI=1S/C24H31N3O4S/c1-18-7-10-21(11-8-18)32(29,30)26-22-16-19(24(28)25-17-20-6-5-15-31-20)9-12-23(22)27-13-3-2-4-14-27/h7-12,16,20,26H,2-6,13-15,17H2,1H3,(H,25,28)/t20-/m0/s1. The number of nitrogens with zero attached hydrogens (tertiary/aromatic N) is 1. The van der Waals surface area contributed by atoms with Crippen LogP contribution in [0.25, 0.3) is 0 Å². The highest BCUT2D eigenvalue weighted by Crippen LogP contribution is 2.31. The fraction of sp³-hybridized carbons (Fsp3) is 0.458. The number of ether oxygens (including phenoxy) is 1. The monoisotopic (exact) mass is 457 g/mol. The molecular formula is C24H31N3O4S. The van der Waals surface area contributed by atoms with Crippen LogP contribution in [-0.2, 0) is 14.8 Å². The van der Waals surface area contributed by atoms with Crippen molar-refractivity contribution in [2.24, 2.45) is 0 Å². The fourth-order valence-corrected chi connectivity index (χ4v) is 5.27. The number of amides is 1. The van der Waals surface area contributed by atoms with E-state index < -0.39 is 10.0 Å². The van der Waals surface area contributed by atoms with Crippen LogP contribution in [0.1, 0.15) is 48.0 Å². The average Bonchev–Trinajstić information content (AvgIpc) is 3.32. The Morgan fingerprint density at radius 2 is 1.81 bits per heavy atom. The van der Waals surface area contributed by atoms with Crippen molar-refractivity contribution in [3.05, 3.63) is 53.6 Å². The van der Waals surface area contributed by atoms with E-state index in [2.05, 4.69) is 14.9 Å². The van der Waals surface area contributed by atoms with E-state index in [1.165, 1.54) is 6.42 Å². The Kier molecular flexibility index (Phi) is 7.01. The molecule has 8 heteroatoms. The number of nitrogens with one attached hydrogen (secondary N) is 2. The zero-order valence-corrected chi connectivity index (χ0v) is 19.3. The number of hydrogen-bond acceptors (Lipinski definition) is 5. The highest BCUT2D eigenvalue weighted by molar-refractivity contribution is 7.92. The number of sulfonamides is 1. The Morgan fingerprint density at radius 3 is 2.50 bits per heavy atom. The normalized spacial score (nSPS) is 19.0. The van der Waals surface area contributed by atoms with Crippen LogP contribution in [0.5, 0.6) is 0 Å². The summed E-state index contributed by atoms with van der Waals surface area (Å²) in [6, 6.07) is 12.0. The molecule has 1 atom stereocenters.